The number of unbranched alkanes of at least 4 members (excludes halogenated alkanes) is 2. The number of halogens is 5. The summed E-state index contributed by atoms with van der Waals surface area (Å²) in [5, 5.41) is 0. The monoisotopic (exact) mass is 504 g/mol. The number of benzene rings is 3. The molecule has 1 saturated carbocycles. The van der Waals surface area contributed by atoms with E-state index in [2.05, 4.69) is 6.92 Å². The van der Waals surface area contributed by atoms with Crippen LogP contribution in [0.4, 0.5) is 22.0 Å². The second-order valence-corrected chi connectivity index (χ2v) is 9.35. The van der Waals surface area contributed by atoms with Gasteiger partial charge < -0.3 is 4.74 Å². The Morgan fingerprint density at radius 1 is 0.778 bits per heavy atom. The number of hydrogen-bond acceptors (Lipinski definition) is 1. The maximum atomic E-state index is 15.9. The van der Waals surface area contributed by atoms with E-state index in [0.717, 1.165) is 25.7 Å². The average Bonchev–Trinajstić information content (AvgIpc) is 2.85. The van der Waals surface area contributed by atoms with Crippen LogP contribution in [-0.2, 0) is 0 Å². The molecule has 4 rings (SSSR count). The van der Waals surface area contributed by atoms with Gasteiger partial charge in [-0.2, -0.15) is 0 Å². The fraction of sp³-hybridized carbons (Fsp3) is 0.400. The SMILES string of the molecule is C.CCCCC[C@H]1CC[C@H](c2c(F)cc(-c3ccccc3)c(Oc3cc(F)c(F)c(F)c3)c2F)CC1. The highest BCUT2D eigenvalue weighted by Crippen LogP contribution is 2.45. The summed E-state index contributed by atoms with van der Waals surface area (Å²) in [5.74, 6) is -6.59. The highest BCUT2D eigenvalue weighted by Gasteiger charge is 2.30. The molecule has 194 valence electrons. The molecule has 0 aromatic heterocycles. The molecule has 1 fully saturated rings. The second kappa shape index (κ2) is 12.4. The summed E-state index contributed by atoms with van der Waals surface area (Å²) in [6, 6.07) is 11.0. The van der Waals surface area contributed by atoms with Crippen LogP contribution in [0.15, 0.2) is 48.5 Å². The van der Waals surface area contributed by atoms with E-state index in [9.17, 15) is 13.2 Å². The minimum Gasteiger partial charge on any atom is -0.453 e. The third-order valence-corrected chi connectivity index (χ3v) is 6.94. The van der Waals surface area contributed by atoms with Crippen molar-refractivity contribution in [2.24, 2.45) is 5.92 Å². The van der Waals surface area contributed by atoms with Crippen molar-refractivity contribution in [2.45, 2.75) is 71.6 Å². The molecule has 0 amide bonds. The number of ether oxygens (including phenoxy) is 1. The Labute approximate surface area is 210 Å². The molecule has 0 aliphatic heterocycles. The van der Waals surface area contributed by atoms with Crippen molar-refractivity contribution in [2.75, 3.05) is 0 Å². The van der Waals surface area contributed by atoms with Gasteiger partial charge in [0.2, 0.25) is 0 Å². The van der Waals surface area contributed by atoms with Crippen molar-refractivity contribution >= 4 is 0 Å². The van der Waals surface area contributed by atoms with Gasteiger partial charge in [-0.15, -0.1) is 0 Å². The quantitative estimate of drug-likeness (QED) is 0.168. The minimum absolute atomic E-state index is 0. The molecule has 0 saturated heterocycles. The molecule has 0 radical (unpaired) electrons. The third kappa shape index (κ3) is 6.08. The van der Waals surface area contributed by atoms with Crippen molar-refractivity contribution in [1.29, 1.82) is 0 Å². The molecule has 3 aromatic rings. The van der Waals surface area contributed by atoms with Crippen LogP contribution >= 0.6 is 0 Å². The molecule has 6 heteroatoms. The van der Waals surface area contributed by atoms with Crippen molar-refractivity contribution in [3.8, 4) is 22.6 Å². The molecule has 0 N–H and O–H groups in total. The topological polar surface area (TPSA) is 9.23 Å². The van der Waals surface area contributed by atoms with Gasteiger partial charge in [-0.05, 0) is 49.1 Å². The lowest BCUT2D eigenvalue weighted by molar-refractivity contribution is 0.293. The maximum absolute atomic E-state index is 15.9. The van der Waals surface area contributed by atoms with E-state index in [1.54, 1.807) is 30.3 Å². The summed E-state index contributed by atoms with van der Waals surface area (Å²) >= 11 is 0. The van der Waals surface area contributed by atoms with Gasteiger partial charge in [-0.3, -0.25) is 0 Å². The standard InChI is InChI=1S/C29H29F5O.CH4/c1-2-3-5-8-18-11-13-20(14-12-18)26-23(30)17-22(19-9-6-4-7-10-19)29(28(26)34)35-21-15-24(31)27(33)25(32)16-21;/h4,6-7,9-10,15-18,20H,2-3,5,8,11-14H2,1H3;1H4/t18-,20-;. The summed E-state index contributed by atoms with van der Waals surface area (Å²) < 4.78 is 77.9. The van der Waals surface area contributed by atoms with Crippen molar-refractivity contribution < 1.29 is 26.7 Å². The Morgan fingerprint density at radius 2 is 1.42 bits per heavy atom. The Balaban J connectivity index is 0.00000361. The first-order chi connectivity index (χ1) is 16.9. The molecule has 1 nitrogen and oxygen atoms in total. The fourth-order valence-corrected chi connectivity index (χ4v) is 5.05. The van der Waals surface area contributed by atoms with Gasteiger partial charge in [0.1, 0.15) is 11.6 Å². The molecule has 1 aliphatic rings. The summed E-state index contributed by atoms with van der Waals surface area (Å²) in [6.07, 6.45) is 7.77. The highest BCUT2D eigenvalue weighted by molar-refractivity contribution is 5.72. The summed E-state index contributed by atoms with van der Waals surface area (Å²) in [5.41, 5.74) is 0.534. The zero-order chi connectivity index (χ0) is 24.9. The summed E-state index contributed by atoms with van der Waals surface area (Å²) in [6.45, 7) is 2.16. The molecule has 0 bridgehead atoms. The predicted molar refractivity (Wildman–Crippen MR) is 134 cm³/mol. The van der Waals surface area contributed by atoms with Crippen LogP contribution in [0, 0.1) is 35.0 Å². The molecule has 0 atom stereocenters. The highest BCUT2D eigenvalue weighted by atomic mass is 19.2. The van der Waals surface area contributed by atoms with E-state index in [1.807, 2.05) is 0 Å². The van der Waals surface area contributed by atoms with Crippen LogP contribution in [0.1, 0.15) is 77.2 Å². The van der Waals surface area contributed by atoms with E-state index in [-0.39, 0.29) is 30.2 Å². The van der Waals surface area contributed by atoms with E-state index >= 15 is 8.78 Å². The van der Waals surface area contributed by atoms with Gasteiger partial charge in [-0.1, -0.05) is 70.4 Å². The third-order valence-electron chi connectivity index (χ3n) is 6.94. The lowest BCUT2D eigenvalue weighted by atomic mass is 9.76. The molecular weight excluding hydrogens is 471 g/mol. The summed E-state index contributed by atoms with van der Waals surface area (Å²) in [4.78, 5) is 0. The van der Waals surface area contributed by atoms with Crippen molar-refractivity contribution in [1.82, 2.24) is 0 Å². The predicted octanol–water partition coefficient (Wildman–Crippen LogP) is 10.3. The van der Waals surface area contributed by atoms with Crippen LogP contribution < -0.4 is 4.74 Å². The smallest absolute Gasteiger partial charge is 0.194 e. The van der Waals surface area contributed by atoms with Crippen molar-refractivity contribution in [3.63, 3.8) is 0 Å². The number of hydrogen-bond donors (Lipinski definition) is 0. The van der Waals surface area contributed by atoms with E-state index < -0.39 is 34.8 Å². The van der Waals surface area contributed by atoms with Gasteiger partial charge in [-0.25, -0.2) is 22.0 Å². The van der Waals surface area contributed by atoms with E-state index in [1.165, 1.54) is 18.9 Å². The maximum Gasteiger partial charge on any atom is 0.194 e. The number of rotatable bonds is 8. The summed E-state index contributed by atoms with van der Waals surface area (Å²) in [7, 11) is 0. The van der Waals surface area contributed by atoms with Crippen LogP contribution in [0.5, 0.6) is 11.5 Å². The van der Waals surface area contributed by atoms with Crippen molar-refractivity contribution in [3.05, 3.63) is 83.2 Å². The molecule has 3 aromatic carbocycles. The Bertz CT molecular complexity index is 1130. The second-order valence-electron chi connectivity index (χ2n) is 9.35. The van der Waals surface area contributed by atoms with E-state index in [4.69, 9.17) is 4.74 Å². The lowest BCUT2D eigenvalue weighted by Crippen LogP contribution is -2.16. The Hall–Kier alpha value is -2.89. The largest absolute Gasteiger partial charge is 0.453 e. The van der Waals surface area contributed by atoms with Crippen LogP contribution in [0.25, 0.3) is 11.1 Å². The first-order valence-corrected chi connectivity index (χ1v) is 12.3. The zero-order valence-corrected chi connectivity index (χ0v) is 19.7. The van der Waals surface area contributed by atoms with Crippen LogP contribution in [-0.4, -0.2) is 0 Å². The molecule has 36 heavy (non-hydrogen) atoms. The lowest BCUT2D eigenvalue weighted by Gasteiger charge is -2.30. The fourth-order valence-electron chi connectivity index (χ4n) is 5.05. The Kier molecular flexibility index (Phi) is 9.52. The minimum atomic E-state index is -1.64. The Morgan fingerprint density at radius 3 is 2.03 bits per heavy atom. The van der Waals surface area contributed by atoms with Gasteiger partial charge in [0.05, 0.1) is 0 Å². The molecule has 0 spiro atoms. The van der Waals surface area contributed by atoms with Gasteiger partial charge in [0, 0.05) is 23.3 Å². The molecule has 1 aliphatic carbocycles. The van der Waals surface area contributed by atoms with Gasteiger partial charge in [0.15, 0.2) is 29.0 Å². The van der Waals surface area contributed by atoms with Crippen LogP contribution in [0.3, 0.4) is 0 Å². The molecule has 0 unspecified atom stereocenters. The zero-order valence-electron chi connectivity index (χ0n) is 19.7. The normalized spacial score (nSPS) is 17.5. The molecular formula is C30H33F5O. The van der Waals surface area contributed by atoms with E-state index in [0.29, 0.717) is 36.5 Å². The van der Waals surface area contributed by atoms with Gasteiger partial charge in [0.25, 0.3) is 0 Å². The first-order valence-electron chi connectivity index (χ1n) is 12.3. The average molecular weight is 505 g/mol. The first kappa shape index (κ1) is 27.7. The van der Waals surface area contributed by atoms with Gasteiger partial charge >= 0.3 is 0 Å². The molecule has 0 heterocycles. The van der Waals surface area contributed by atoms with Crippen LogP contribution in [0.2, 0.25) is 0 Å².